The van der Waals surface area contributed by atoms with Crippen LogP contribution in [0.2, 0.25) is 0 Å². The van der Waals surface area contributed by atoms with E-state index in [0.29, 0.717) is 11.6 Å². The van der Waals surface area contributed by atoms with Crippen LogP contribution in [0.5, 0.6) is 0 Å². The van der Waals surface area contributed by atoms with E-state index in [1.807, 2.05) is 19.9 Å². The van der Waals surface area contributed by atoms with E-state index in [-0.39, 0.29) is 47.3 Å². The molecule has 33 heavy (non-hydrogen) atoms. The third kappa shape index (κ3) is 3.30. The van der Waals surface area contributed by atoms with Crippen LogP contribution in [0.15, 0.2) is 41.2 Å². The van der Waals surface area contributed by atoms with Gasteiger partial charge in [0.1, 0.15) is 11.4 Å². The summed E-state index contributed by atoms with van der Waals surface area (Å²) in [5, 5.41) is 12.3. The van der Waals surface area contributed by atoms with Crippen LogP contribution in [-0.2, 0) is 14.4 Å². The van der Waals surface area contributed by atoms with Gasteiger partial charge in [0.2, 0.25) is 0 Å². The van der Waals surface area contributed by atoms with Crippen molar-refractivity contribution in [2.45, 2.75) is 63.6 Å². The fourth-order valence-electron chi connectivity index (χ4n) is 7.24. The number of fused-ring (bicyclic) bond motifs is 5. The van der Waals surface area contributed by atoms with Crippen molar-refractivity contribution >= 4 is 29.1 Å². The molecule has 7 heteroatoms. The number of carbonyl (C=O) groups is 3. The highest BCUT2D eigenvalue weighted by molar-refractivity contribution is 7.99. The minimum absolute atomic E-state index is 0.00931. The highest BCUT2D eigenvalue weighted by atomic mass is 32.2. The second-order valence-corrected chi connectivity index (χ2v) is 11.6. The molecule has 4 aliphatic carbocycles. The maximum absolute atomic E-state index is 13.7. The summed E-state index contributed by atoms with van der Waals surface area (Å²) in [5.41, 5.74) is -0.870. The second kappa shape index (κ2) is 7.70. The molecule has 0 spiro atoms. The summed E-state index contributed by atoms with van der Waals surface area (Å²) in [7, 11) is 0. The summed E-state index contributed by atoms with van der Waals surface area (Å²) >= 11 is 1.24. The number of thioether (sulfide) groups is 1. The Hall–Kier alpha value is -2.12. The third-order valence-electron chi connectivity index (χ3n) is 8.98. The zero-order chi connectivity index (χ0) is 23.6. The maximum atomic E-state index is 13.7. The lowest BCUT2D eigenvalue weighted by Crippen LogP contribution is -2.60. The number of nitrogens with zero attached hydrogens (tertiary/aromatic N) is 2. The first-order chi connectivity index (χ1) is 15.6. The van der Waals surface area contributed by atoms with E-state index in [2.05, 4.69) is 16.9 Å². The molecular formula is C26H30N2O4S. The first-order valence-electron chi connectivity index (χ1n) is 11.7. The van der Waals surface area contributed by atoms with Gasteiger partial charge in [-0.2, -0.15) is 0 Å². The van der Waals surface area contributed by atoms with Crippen molar-refractivity contribution in [2.24, 2.45) is 28.6 Å². The second-order valence-electron chi connectivity index (χ2n) is 10.6. The van der Waals surface area contributed by atoms with Crippen molar-refractivity contribution < 1.29 is 19.5 Å². The van der Waals surface area contributed by atoms with Crippen molar-refractivity contribution in [3.8, 4) is 0 Å². The number of hydrogen-bond donors (Lipinski definition) is 1. The highest BCUT2D eigenvalue weighted by Crippen LogP contribution is 2.66. The van der Waals surface area contributed by atoms with Crippen molar-refractivity contribution in [3.63, 3.8) is 0 Å². The molecule has 1 aromatic rings. The van der Waals surface area contributed by atoms with Gasteiger partial charge in [-0.15, -0.1) is 0 Å². The summed E-state index contributed by atoms with van der Waals surface area (Å²) in [6, 6.07) is 1.80. The molecule has 1 N–H and O–H groups in total. The molecule has 0 aliphatic heterocycles. The Morgan fingerprint density at radius 2 is 2.06 bits per heavy atom. The van der Waals surface area contributed by atoms with Gasteiger partial charge in [0, 0.05) is 35.1 Å². The highest BCUT2D eigenvalue weighted by Gasteiger charge is 2.68. The number of aromatic nitrogens is 2. The van der Waals surface area contributed by atoms with Crippen LogP contribution in [0.4, 0.5) is 0 Å². The van der Waals surface area contributed by atoms with Crippen LogP contribution >= 0.6 is 11.8 Å². The van der Waals surface area contributed by atoms with Gasteiger partial charge in [-0.25, -0.2) is 9.97 Å². The molecule has 0 radical (unpaired) electrons. The third-order valence-corrected chi connectivity index (χ3v) is 9.84. The Kier molecular flexibility index (Phi) is 5.29. The Labute approximate surface area is 198 Å². The molecule has 5 unspecified atom stereocenters. The zero-order valence-corrected chi connectivity index (χ0v) is 20.2. The first-order valence-corrected chi connectivity index (χ1v) is 12.7. The van der Waals surface area contributed by atoms with Crippen LogP contribution in [0, 0.1) is 35.5 Å². The normalized spacial score (nSPS) is 39.5. The SMILES string of the molecule is Cc1ccnc(SCC(=O)[C@@]2(O)CCC3C4CCC5=CC(=O)C=CC5(C)C4C(=O)CC32C)n1. The molecule has 4 aliphatic rings. The van der Waals surface area contributed by atoms with Crippen LogP contribution in [0.3, 0.4) is 0 Å². The fraction of sp³-hybridized carbons (Fsp3) is 0.577. The van der Waals surface area contributed by atoms with E-state index < -0.39 is 16.4 Å². The average Bonchev–Trinajstić information content (AvgIpc) is 3.03. The zero-order valence-electron chi connectivity index (χ0n) is 19.3. The molecular weight excluding hydrogens is 436 g/mol. The van der Waals surface area contributed by atoms with Crippen molar-refractivity contribution in [3.05, 3.63) is 41.8 Å². The molecule has 1 aromatic heterocycles. The van der Waals surface area contributed by atoms with Gasteiger partial charge in [0.15, 0.2) is 16.7 Å². The van der Waals surface area contributed by atoms with E-state index in [1.165, 1.54) is 11.8 Å². The van der Waals surface area contributed by atoms with Crippen molar-refractivity contribution in [1.29, 1.82) is 0 Å². The summed E-state index contributed by atoms with van der Waals surface area (Å²) in [4.78, 5) is 47.5. The van der Waals surface area contributed by atoms with Crippen molar-refractivity contribution in [1.82, 2.24) is 9.97 Å². The molecule has 0 saturated heterocycles. The molecule has 0 amide bonds. The molecule has 3 fully saturated rings. The Morgan fingerprint density at radius 3 is 2.82 bits per heavy atom. The van der Waals surface area contributed by atoms with Crippen LogP contribution < -0.4 is 0 Å². The van der Waals surface area contributed by atoms with Gasteiger partial charge in [0.05, 0.1) is 5.75 Å². The molecule has 6 atom stereocenters. The molecule has 6 nitrogen and oxygen atoms in total. The van der Waals surface area contributed by atoms with Crippen molar-refractivity contribution in [2.75, 3.05) is 5.75 Å². The largest absolute Gasteiger partial charge is 0.381 e. The monoisotopic (exact) mass is 466 g/mol. The number of aryl methyl sites for hydroxylation is 1. The number of carbonyl (C=O) groups excluding carboxylic acids is 3. The smallest absolute Gasteiger partial charge is 0.188 e. The van der Waals surface area contributed by atoms with Gasteiger partial charge in [-0.05, 0) is 62.7 Å². The first kappa shape index (κ1) is 22.7. The summed E-state index contributed by atoms with van der Waals surface area (Å²) < 4.78 is 0. The molecule has 0 bridgehead atoms. The predicted molar refractivity (Wildman–Crippen MR) is 124 cm³/mol. The molecule has 0 aromatic carbocycles. The average molecular weight is 467 g/mol. The number of allylic oxidation sites excluding steroid dienone is 4. The topological polar surface area (TPSA) is 97.2 Å². The predicted octanol–water partition coefficient (Wildman–Crippen LogP) is 3.66. The lowest BCUT2D eigenvalue weighted by molar-refractivity contribution is -0.165. The summed E-state index contributed by atoms with van der Waals surface area (Å²) in [6.07, 6.45) is 9.78. The molecule has 174 valence electrons. The van der Waals surface area contributed by atoms with Gasteiger partial charge in [-0.3, -0.25) is 14.4 Å². The summed E-state index contributed by atoms with van der Waals surface area (Å²) in [5.74, 6) is -0.0599. The summed E-state index contributed by atoms with van der Waals surface area (Å²) in [6.45, 7) is 5.89. The van der Waals surface area contributed by atoms with E-state index in [9.17, 15) is 19.5 Å². The quantitative estimate of drug-likeness (QED) is 0.534. The fourth-order valence-corrected chi connectivity index (χ4v) is 8.08. The number of rotatable bonds is 4. The molecule has 1 heterocycles. The maximum Gasteiger partial charge on any atom is 0.188 e. The number of ketones is 3. The molecule has 5 rings (SSSR count). The van der Waals surface area contributed by atoms with E-state index >= 15 is 0 Å². The van der Waals surface area contributed by atoms with Gasteiger partial charge < -0.3 is 5.11 Å². The van der Waals surface area contributed by atoms with Crippen LogP contribution in [-0.4, -0.2) is 43.8 Å². The van der Waals surface area contributed by atoms with Gasteiger partial charge in [0.25, 0.3) is 0 Å². The Bertz CT molecular complexity index is 1110. The number of aliphatic hydroxyl groups is 1. The minimum atomic E-state index is -1.52. The van der Waals surface area contributed by atoms with Gasteiger partial charge >= 0.3 is 0 Å². The molecule has 3 saturated carbocycles. The lowest BCUT2D eigenvalue weighted by Gasteiger charge is -2.56. The van der Waals surface area contributed by atoms with E-state index in [0.717, 1.165) is 30.5 Å². The van der Waals surface area contributed by atoms with E-state index in [4.69, 9.17) is 0 Å². The lowest BCUT2D eigenvalue weighted by atomic mass is 9.46. The Morgan fingerprint density at radius 1 is 1.27 bits per heavy atom. The van der Waals surface area contributed by atoms with Crippen LogP contribution in [0.1, 0.15) is 51.6 Å². The van der Waals surface area contributed by atoms with E-state index in [1.54, 1.807) is 24.4 Å². The standard InChI is InChI=1S/C26H30N2O4S/c1-15-8-11-27-23(28-15)33-14-21(31)26(32)10-7-19-18-5-4-16-12-17(29)6-9-24(16,2)22(18)20(30)13-25(19,26)3/h6,8-9,11-12,18-19,22,32H,4-5,7,10,13-14H2,1-3H3/t18?,19?,22?,24?,25?,26-/m0/s1. The van der Waals surface area contributed by atoms with Gasteiger partial charge in [-0.1, -0.05) is 37.3 Å². The number of Topliss-reactive ketones (excluding diaryl/α,β-unsaturated/α-hetero) is 2. The number of hydrogen-bond acceptors (Lipinski definition) is 7. The minimum Gasteiger partial charge on any atom is -0.381 e. The Balaban J connectivity index is 1.41. The van der Waals surface area contributed by atoms with Crippen LogP contribution in [0.25, 0.3) is 0 Å².